The second kappa shape index (κ2) is 6.56. The average molecular weight is 244 g/mol. The van der Waals surface area contributed by atoms with E-state index in [1.54, 1.807) is 4.90 Å². The number of nitrogens with zero attached hydrogens (tertiary/aromatic N) is 1. The van der Waals surface area contributed by atoms with Gasteiger partial charge in [0.15, 0.2) is 0 Å². The zero-order chi connectivity index (χ0) is 12.8. The topological polar surface area (TPSA) is 92.9 Å². The van der Waals surface area contributed by atoms with Crippen LogP contribution >= 0.6 is 0 Å². The highest BCUT2D eigenvalue weighted by Crippen LogP contribution is 2.25. The van der Waals surface area contributed by atoms with E-state index in [1.165, 1.54) is 7.11 Å². The van der Waals surface area contributed by atoms with Gasteiger partial charge in [-0.05, 0) is 12.8 Å². The number of carbonyl (C=O) groups excluding carboxylic acids is 1. The Bertz CT molecular complexity index is 277. The van der Waals surface area contributed by atoms with Crippen LogP contribution in [0.2, 0.25) is 0 Å². The number of ether oxygens (including phenoxy) is 1. The van der Waals surface area contributed by atoms with Gasteiger partial charge in [-0.25, -0.2) is 0 Å². The summed E-state index contributed by atoms with van der Waals surface area (Å²) in [6, 6.07) is -0.672. The highest BCUT2D eigenvalue weighted by molar-refractivity contribution is 5.78. The van der Waals surface area contributed by atoms with Crippen LogP contribution in [0.4, 0.5) is 0 Å². The largest absolute Gasteiger partial charge is 0.480 e. The van der Waals surface area contributed by atoms with Gasteiger partial charge in [0, 0.05) is 13.2 Å². The van der Waals surface area contributed by atoms with Gasteiger partial charge in [0.1, 0.15) is 6.04 Å². The summed E-state index contributed by atoms with van der Waals surface area (Å²) in [7, 11) is 1.45. The van der Waals surface area contributed by atoms with Crippen molar-refractivity contribution in [1.29, 1.82) is 0 Å². The first-order valence-corrected chi connectivity index (χ1v) is 5.82. The molecule has 1 saturated carbocycles. The molecule has 0 saturated heterocycles. The minimum atomic E-state index is -0.972. The maximum absolute atomic E-state index is 11.2. The first-order chi connectivity index (χ1) is 8.06. The summed E-state index contributed by atoms with van der Waals surface area (Å²) < 4.78 is 4.91. The van der Waals surface area contributed by atoms with Crippen molar-refractivity contribution in [2.24, 2.45) is 5.73 Å². The van der Waals surface area contributed by atoms with E-state index >= 15 is 0 Å². The quantitative estimate of drug-likeness (QED) is 0.648. The Hall–Kier alpha value is -1.14. The molecule has 1 unspecified atom stereocenters. The molecule has 0 heterocycles. The van der Waals surface area contributed by atoms with Crippen LogP contribution in [0.15, 0.2) is 0 Å². The van der Waals surface area contributed by atoms with Crippen molar-refractivity contribution in [2.45, 2.75) is 37.8 Å². The fourth-order valence-corrected chi connectivity index (χ4v) is 2.38. The van der Waals surface area contributed by atoms with E-state index in [0.717, 1.165) is 25.7 Å². The van der Waals surface area contributed by atoms with Gasteiger partial charge in [-0.15, -0.1) is 0 Å². The molecular formula is C11H20N2O4. The van der Waals surface area contributed by atoms with Crippen molar-refractivity contribution in [1.82, 2.24) is 4.90 Å². The van der Waals surface area contributed by atoms with E-state index < -0.39 is 17.9 Å². The highest BCUT2D eigenvalue weighted by atomic mass is 16.5. The van der Waals surface area contributed by atoms with Crippen LogP contribution < -0.4 is 5.73 Å². The maximum atomic E-state index is 11.2. The van der Waals surface area contributed by atoms with Gasteiger partial charge in [0.25, 0.3) is 0 Å². The number of carboxylic acids is 1. The molecule has 1 aliphatic carbocycles. The number of primary amides is 1. The molecule has 6 nitrogen and oxygen atoms in total. The molecule has 1 fully saturated rings. The van der Waals surface area contributed by atoms with E-state index in [9.17, 15) is 14.7 Å². The van der Waals surface area contributed by atoms with Crippen LogP contribution in [-0.4, -0.2) is 54.2 Å². The van der Waals surface area contributed by atoms with Crippen LogP contribution in [0.3, 0.4) is 0 Å². The molecular weight excluding hydrogens is 224 g/mol. The molecule has 0 aromatic heterocycles. The van der Waals surface area contributed by atoms with Crippen molar-refractivity contribution < 1.29 is 19.4 Å². The van der Waals surface area contributed by atoms with Gasteiger partial charge in [-0.2, -0.15) is 0 Å². The number of rotatable bonds is 7. The number of carbonyl (C=O) groups is 2. The van der Waals surface area contributed by atoms with Crippen LogP contribution in [0.1, 0.15) is 25.7 Å². The third-order valence-corrected chi connectivity index (χ3v) is 3.14. The molecule has 0 spiro atoms. The Morgan fingerprint density at radius 2 is 2.06 bits per heavy atom. The molecule has 1 amide bonds. The Labute approximate surface area is 101 Å². The predicted molar refractivity (Wildman–Crippen MR) is 61.5 cm³/mol. The number of methoxy groups -OCH3 is 1. The summed E-state index contributed by atoms with van der Waals surface area (Å²) in [4.78, 5) is 23.9. The molecule has 0 radical (unpaired) electrons. The minimum absolute atomic E-state index is 0.0228. The smallest absolute Gasteiger partial charge is 0.323 e. The summed E-state index contributed by atoms with van der Waals surface area (Å²) in [5, 5.41) is 9.17. The molecule has 0 bridgehead atoms. The van der Waals surface area contributed by atoms with Gasteiger partial charge >= 0.3 is 5.97 Å². The van der Waals surface area contributed by atoms with Crippen LogP contribution in [0, 0.1) is 0 Å². The fourth-order valence-electron chi connectivity index (χ4n) is 2.38. The second-order valence-electron chi connectivity index (χ2n) is 4.39. The molecule has 1 aliphatic rings. The van der Waals surface area contributed by atoms with Crippen molar-refractivity contribution in [2.75, 3.05) is 20.3 Å². The van der Waals surface area contributed by atoms with E-state index in [1.807, 2.05) is 0 Å². The summed E-state index contributed by atoms with van der Waals surface area (Å²) >= 11 is 0. The first-order valence-electron chi connectivity index (χ1n) is 5.82. The predicted octanol–water partition coefficient (Wildman–Crippen LogP) is -0.184. The molecule has 98 valence electrons. The zero-order valence-electron chi connectivity index (χ0n) is 10.1. The summed E-state index contributed by atoms with van der Waals surface area (Å²) in [5.41, 5.74) is 5.18. The normalized spacial score (nSPS) is 18.5. The summed E-state index contributed by atoms with van der Waals surface area (Å²) in [5.74, 6) is -1.47. The Morgan fingerprint density at radius 3 is 2.47 bits per heavy atom. The lowest BCUT2D eigenvalue weighted by molar-refractivity contribution is -0.147. The molecule has 0 aromatic carbocycles. The van der Waals surface area contributed by atoms with Gasteiger partial charge in [0.2, 0.25) is 5.91 Å². The molecule has 3 N–H and O–H groups in total. The number of hydrogen-bond acceptors (Lipinski definition) is 4. The van der Waals surface area contributed by atoms with Crippen LogP contribution in [-0.2, 0) is 14.3 Å². The van der Waals surface area contributed by atoms with E-state index in [-0.39, 0.29) is 19.2 Å². The van der Waals surface area contributed by atoms with Crippen LogP contribution in [0.5, 0.6) is 0 Å². The van der Waals surface area contributed by atoms with Crippen molar-refractivity contribution in [3.63, 3.8) is 0 Å². The first kappa shape index (κ1) is 13.9. The number of amides is 1. The molecule has 6 heteroatoms. The molecule has 0 aliphatic heterocycles. The molecule has 1 rings (SSSR count). The Balaban J connectivity index is 2.77. The van der Waals surface area contributed by atoms with Gasteiger partial charge in [-0.3, -0.25) is 14.5 Å². The van der Waals surface area contributed by atoms with Crippen molar-refractivity contribution >= 4 is 11.9 Å². The minimum Gasteiger partial charge on any atom is -0.480 e. The van der Waals surface area contributed by atoms with E-state index in [2.05, 4.69) is 0 Å². The lowest BCUT2D eigenvalue weighted by atomic mass is 10.1. The lowest BCUT2D eigenvalue weighted by Gasteiger charge is -2.32. The molecule has 1 atom stereocenters. The Morgan fingerprint density at radius 1 is 1.47 bits per heavy atom. The SMILES string of the molecule is COCC(C(=O)O)N(CC(N)=O)C1CCCC1. The lowest BCUT2D eigenvalue weighted by Crippen LogP contribution is -2.52. The van der Waals surface area contributed by atoms with Crippen molar-refractivity contribution in [3.05, 3.63) is 0 Å². The standard InChI is InChI=1S/C11H20N2O4/c1-17-7-9(11(15)16)13(6-10(12)14)8-4-2-3-5-8/h8-9H,2-7H2,1H3,(H2,12,14)(H,15,16). The van der Waals surface area contributed by atoms with Crippen molar-refractivity contribution in [3.8, 4) is 0 Å². The second-order valence-corrected chi connectivity index (χ2v) is 4.39. The average Bonchev–Trinajstić information content (AvgIpc) is 2.75. The third-order valence-electron chi connectivity index (χ3n) is 3.14. The third kappa shape index (κ3) is 3.98. The summed E-state index contributed by atoms with van der Waals surface area (Å²) in [6.07, 6.45) is 3.97. The molecule has 17 heavy (non-hydrogen) atoms. The van der Waals surface area contributed by atoms with E-state index in [4.69, 9.17) is 10.5 Å². The van der Waals surface area contributed by atoms with Gasteiger partial charge in [0.05, 0.1) is 13.2 Å². The highest BCUT2D eigenvalue weighted by Gasteiger charge is 2.33. The van der Waals surface area contributed by atoms with Gasteiger partial charge in [-0.1, -0.05) is 12.8 Å². The van der Waals surface area contributed by atoms with E-state index in [0.29, 0.717) is 0 Å². The Kier molecular flexibility index (Phi) is 5.37. The maximum Gasteiger partial charge on any atom is 0.323 e. The summed E-state index contributed by atoms with van der Waals surface area (Å²) in [6.45, 7) is 0.0457. The number of nitrogens with two attached hydrogens (primary N) is 1. The number of hydrogen-bond donors (Lipinski definition) is 2. The monoisotopic (exact) mass is 244 g/mol. The number of carboxylic acid groups (broad SMARTS) is 1. The van der Waals surface area contributed by atoms with Crippen LogP contribution in [0.25, 0.3) is 0 Å². The van der Waals surface area contributed by atoms with Gasteiger partial charge < -0.3 is 15.6 Å². The zero-order valence-corrected chi connectivity index (χ0v) is 10.1. The number of aliphatic carboxylic acids is 1. The fraction of sp³-hybridized carbons (Fsp3) is 0.818. The molecule has 0 aromatic rings.